The van der Waals surface area contributed by atoms with Crippen molar-refractivity contribution in [2.45, 2.75) is 26.7 Å². The molecule has 1 aromatic heterocycles. The van der Waals surface area contributed by atoms with Crippen LogP contribution in [0, 0.1) is 6.92 Å². The van der Waals surface area contributed by atoms with Crippen LogP contribution in [0.4, 0.5) is 0 Å². The summed E-state index contributed by atoms with van der Waals surface area (Å²) in [6, 6.07) is 15.2. The Bertz CT molecular complexity index is 868. The van der Waals surface area contributed by atoms with Crippen molar-refractivity contribution >= 4 is 0 Å². The SMILES string of the molecule is CCc1nc(C)nc(-c2ccc3c(c2)-c2ccccc2C3)n1. The van der Waals surface area contributed by atoms with E-state index in [2.05, 4.69) is 64.3 Å². The topological polar surface area (TPSA) is 38.7 Å². The maximum Gasteiger partial charge on any atom is 0.163 e. The van der Waals surface area contributed by atoms with E-state index in [4.69, 9.17) is 0 Å². The molecule has 0 amide bonds. The zero-order valence-corrected chi connectivity index (χ0v) is 12.8. The normalized spacial score (nSPS) is 12.1. The van der Waals surface area contributed by atoms with Gasteiger partial charge in [-0.05, 0) is 41.7 Å². The number of nitrogens with zero attached hydrogens (tertiary/aromatic N) is 3. The summed E-state index contributed by atoms with van der Waals surface area (Å²) in [6.45, 7) is 3.99. The van der Waals surface area contributed by atoms with Crippen molar-refractivity contribution < 1.29 is 0 Å². The van der Waals surface area contributed by atoms with Gasteiger partial charge in [-0.1, -0.05) is 43.3 Å². The summed E-state index contributed by atoms with van der Waals surface area (Å²) in [4.78, 5) is 13.5. The lowest BCUT2D eigenvalue weighted by Gasteiger charge is -2.07. The highest BCUT2D eigenvalue weighted by Gasteiger charge is 2.18. The molecule has 3 heteroatoms. The van der Waals surface area contributed by atoms with Gasteiger partial charge in [-0.25, -0.2) is 15.0 Å². The zero-order valence-electron chi connectivity index (χ0n) is 12.8. The summed E-state index contributed by atoms with van der Waals surface area (Å²) in [5.41, 5.74) is 6.49. The summed E-state index contributed by atoms with van der Waals surface area (Å²) in [5, 5.41) is 0. The van der Waals surface area contributed by atoms with E-state index in [1.807, 2.05) is 6.92 Å². The zero-order chi connectivity index (χ0) is 15.1. The number of hydrogen-bond acceptors (Lipinski definition) is 3. The summed E-state index contributed by atoms with van der Waals surface area (Å²) >= 11 is 0. The van der Waals surface area contributed by atoms with Gasteiger partial charge in [0.25, 0.3) is 0 Å². The van der Waals surface area contributed by atoms with Gasteiger partial charge in [-0.2, -0.15) is 0 Å². The Morgan fingerprint density at radius 2 is 1.73 bits per heavy atom. The van der Waals surface area contributed by atoms with Gasteiger partial charge in [-0.15, -0.1) is 0 Å². The first-order chi connectivity index (χ1) is 10.7. The molecule has 0 unspecified atom stereocenters. The highest BCUT2D eigenvalue weighted by Crippen LogP contribution is 2.38. The maximum atomic E-state index is 4.58. The van der Waals surface area contributed by atoms with Crippen molar-refractivity contribution in [3.63, 3.8) is 0 Å². The molecule has 0 fully saturated rings. The smallest absolute Gasteiger partial charge is 0.163 e. The molecule has 1 aliphatic carbocycles. The van der Waals surface area contributed by atoms with E-state index >= 15 is 0 Å². The molecule has 0 N–H and O–H groups in total. The predicted molar refractivity (Wildman–Crippen MR) is 87.6 cm³/mol. The minimum atomic E-state index is 0.775. The highest BCUT2D eigenvalue weighted by molar-refractivity contribution is 5.80. The van der Waals surface area contributed by atoms with Crippen LogP contribution in [0.15, 0.2) is 42.5 Å². The second kappa shape index (κ2) is 5.02. The first-order valence-electron chi connectivity index (χ1n) is 7.67. The molecule has 3 nitrogen and oxygen atoms in total. The van der Waals surface area contributed by atoms with Gasteiger partial charge in [-0.3, -0.25) is 0 Å². The van der Waals surface area contributed by atoms with E-state index in [0.717, 1.165) is 35.9 Å². The van der Waals surface area contributed by atoms with Gasteiger partial charge < -0.3 is 0 Å². The van der Waals surface area contributed by atoms with Crippen LogP contribution in [0.1, 0.15) is 29.7 Å². The van der Waals surface area contributed by atoms with Gasteiger partial charge in [0.05, 0.1) is 0 Å². The fourth-order valence-electron chi connectivity index (χ4n) is 3.09. The molecule has 4 rings (SSSR count). The molecule has 0 saturated carbocycles. The molecule has 0 radical (unpaired) electrons. The van der Waals surface area contributed by atoms with Gasteiger partial charge in [0.2, 0.25) is 0 Å². The largest absolute Gasteiger partial charge is 0.218 e. The maximum absolute atomic E-state index is 4.58. The van der Waals surface area contributed by atoms with Crippen LogP contribution in [-0.2, 0) is 12.8 Å². The molecule has 0 bridgehead atoms. The van der Waals surface area contributed by atoms with E-state index < -0.39 is 0 Å². The molecule has 0 aliphatic heterocycles. The second-order valence-electron chi connectivity index (χ2n) is 5.68. The van der Waals surface area contributed by atoms with Crippen LogP contribution in [0.5, 0.6) is 0 Å². The summed E-state index contributed by atoms with van der Waals surface area (Å²) in [5.74, 6) is 2.41. The molecule has 1 aliphatic rings. The Hall–Kier alpha value is -2.55. The van der Waals surface area contributed by atoms with Crippen molar-refractivity contribution in [1.29, 1.82) is 0 Å². The van der Waals surface area contributed by atoms with E-state index in [0.29, 0.717) is 0 Å². The predicted octanol–water partition coefficient (Wildman–Crippen LogP) is 3.98. The first-order valence-corrected chi connectivity index (χ1v) is 7.67. The molecular formula is C19H17N3. The number of aryl methyl sites for hydroxylation is 2. The summed E-state index contributed by atoms with van der Waals surface area (Å²) in [6.07, 6.45) is 1.84. The van der Waals surface area contributed by atoms with Gasteiger partial charge >= 0.3 is 0 Å². The van der Waals surface area contributed by atoms with E-state index in [-0.39, 0.29) is 0 Å². The van der Waals surface area contributed by atoms with Crippen LogP contribution >= 0.6 is 0 Å². The third kappa shape index (κ3) is 2.10. The van der Waals surface area contributed by atoms with Crippen molar-refractivity contribution in [2.75, 3.05) is 0 Å². The summed E-state index contributed by atoms with van der Waals surface area (Å²) in [7, 11) is 0. The van der Waals surface area contributed by atoms with E-state index in [9.17, 15) is 0 Å². The highest BCUT2D eigenvalue weighted by atomic mass is 15.0. The van der Waals surface area contributed by atoms with Gasteiger partial charge in [0.1, 0.15) is 11.6 Å². The van der Waals surface area contributed by atoms with Crippen LogP contribution in [0.3, 0.4) is 0 Å². The number of fused-ring (bicyclic) bond motifs is 3. The Kier molecular flexibility index (Phi) is 3.00. The summed E-state index contributed by atoms with van der Waals surface area (Å²) < 4.78 is 0. The Morgan fingerprint density at radius 1 is 0.909 bits per heavy atom. The number of hydrogen-bond donors (Lipinski definition) is 0. The molecule has 22 heavy (non-hydrogen) atoms. The van der Waals surface area contributed by atoms with E-state index in [1.54, 1.807) is 0 Å². The lowest BCUT2D eigenvalue weighted by Crippen LogP contribution is -2.01. The van der Waals surface area contributed by atoms with Gasteiger partial charge in [0.15, 0.2) is 5.82 Å². The fraction of sp³-hybridized carbons (Fsp3) is 0.211. The first kappa shape index (κ1) is 13.1. The van der Waals surface area contributed by atoms with Crippen molar-refractivity contribution in [1.82, 2.24) is 15.0 Å². The van der Waals surface area contributed by atoms with Crippen molar-refractivity contribution in [2.24, 2.45) is 0 Å². The Morgan fingerprint density at radius 3 is 2.59 bits per heavy atom. The monoisotopic (exact) mass is 287 g/mol. The number of benzene rings is 2. The second-order valence-corrected chi connectivity index (χ2v) is 5.68. The third-order valence-corrected chi connectivity index (χ3v) is 4.17. The standard InChI is InChI=1S/C19H17N3/c1-3-18-20-12(2)21-19(22-18)15-9-8-14-10-13-6-4-5-7-16(13)17(14)11-15/h4-9,11H,3,10H2,1-2H3. The fourth-order valence-corrected chi connectivity index (χ4v) is 3.09. The van der Waals surface area contributed by atoms with Crippen molar-refractivity contribution in [3.05, 3.63) is 65.2 Å². The molecule has 2 aromatic carbocycles. The number of aromatic nitrogens is 3. The van der Waals surface area contributed by atoms with Crippen LogP contribution in [0.25, 0.3) is 22.5 Å². The minimum absolute atomic E-state index is 0.775. The third-order valence-electron chi connectivity index (χ3n) is 4.17. The van der Waals surface area contributed by atoms with Crippen LogP contribution in [0.2, 0.25) is 0 Å². The molecule has 0 saturated heterocycles. The molecule has 108 valence electrons. The Balaban J connectivity index is 1.85. The average Bonchev–Trinajstić information content (AvgIpc) is 2.92. The molecular weight excluding hydrogens is 270 g/mol. The molecule has 1 heterocycles. The van der Waals surface area contributed by atoms with Crippen LogP contribution in [-0.4, -0.2) is 15.0 Å². The van der Waals surface area contributed by atoms with Crippen molar-refractivity contribution in [3.8, 4) is 22.5 Å². The minimum Gasteiger partial charge on any atom is -0.218 e. The van der Waals surface area contributed by atoms with Crippen LogP contribution < -0.4 is 0 Å². The molecule has 0 spiro atoms. The lowest BCUT2D eigenvalue weighted by atomic mass is 10.0. The number of rotatable bonds is 2. The lowest BCUT2D eigenvalue weighted by molar-refractivity contribution is 0.869. The molecule has 0 atom stereocenters. The quantitative estimate of drug-likeness (QED) is 0.559. The van der Waals surface area contributed by atoms with E-state index in [1.165, 1.54) is 22.3 Å². The van der Waals surface area contributed by atoms with Gasteiger partial charge in [0, 0.05) is 12.0 Å². The average molecular weight is 287 g/mol. The Labute approximate surface area is 130 Å². The molecule has 3 aromatic rings.